The van der Waals surface area contributed by atoms with E-state index < -0.39 is 0 Å². The summed E-state index contributed by atoms with van der Waals surface area (Å²) in [4.78, 5) is 0. The summed E-state index contributed by atoms with van der Waals surface area (Å²) in [6.07, 6.45) is 1.80. The average molecular weight is 287 g/mol. The number of ether oxygens (including phenoxy) is 1. The van der Waals surface area contributed by atoms with E-state index in [9.17, 15) is 4.39 Å². The van der Waals surface area contributed by atoms with Crippen molar-refractivity contribution in [1.29, 1.82) is 0 Å². The summed E-state index contributed by atoms with van der Waals surface area (Å²) < 4.78 is 18.9. The van der Waals surface area contributed by atoms with Crippen LogP contribution in [-0.2, 0) is 0 Å². The molecule has 5 heteroatoms. The number of nitrogens with one attached hydrogen (secondary N) is 1. The van der Waals surface area contributed by atoms with Crippen molar-refractivity contribution < 1.29 is 9.13 Å². The second-order valence-electron chi connectivity index (χ2n) is 4.65. The van der Waals surface area contributed by atoms with E-state index in [-0.39, 0.29) is 5.82 Å². The summed E-state index contributed by atoms with van der Waals surface area (Å²) in [6.45, 7) is 2.37. The maximum Gasteiger partial charge on any atom is 0.152 e. The molecule has 0 unspecified atom stereocenters. The molecule has 0 saturated heterocycles. The van der Waals surface area contributed by atoms with Gasteiger partial charge in [0.1, 0.15) is 11.6 Å². The number of hydrogen-bond donors (Lipinski definition) is 3. The Labute approximate surface area is 123 Å². The lowest BCUT2D eigenvalue weighted by Gasteiger charge is -2.12. The minimum Gasteiger partial charge on any atom is -0.455 e. The molecule has 0 saturated carbocycles. The van der Waals surface area contributed by atoms with Crippen LogP contribution in [0.2, 0.25) is 0 Å². The van der Waals surface area contributed by atoms with Crippen molar-refractivity contribution in [1.82, 2.24) is 0 Å². The lowest BCUT2D eigenvalue weighted by Crippen LogP contribution is -2.02. The summed E-state index contributed by atoms with van der Waals surface area (Å²) in [6, 6.07) is 11.2. The van der Waals surface area contributed by atoms with Gasteiger partial charge in [0.05, 0.1) is 5.69 Å². The molecule has 0 aliphatic heterocycles. The predicted octanol–water partition coefficient (Wildman–Crippen LogP) is 3.47. The van der Waals surface area contributed by atoms with E-state index in [1.807, 2.05) is 6.92 Å². The SMILES string of the molecule is C/C(=C/Nc1ccc(N)cc1Oc1cccc(F)c1)CN. The van der Waals surface area contributed by atoms with E-state index in [1.54, 1.807) is 36.5 Å². The Morgan fingerprint density at radius 1 is 1.29 bits per heavy atom. The van der Waals surface area contributed by atoms with Gasteiger partial charge in [0.2, 0.25) is 0 Å². The number of anilines is 2. The first-order chi connectivity index (χ1) is 10.1. The maximum absolute atomic E-state index is 13.2. The van der Waals surface area contributed by atoms with E-state index in [2.05, 4.69) is 5.32 Å². The van der Waals surface area contributed by atoms with Gasteiger partial charge in [-0.05, 0) is 36.8 Å². The fourth-order valence-electron chi connectivity index (χ4n) is 1.66. The molecule has 2 rings (SSSR count). The van der Waals surface area contributed by atoms with E-state index in [1.165, 1.54) is 12.1 Å². The molecule has 0 bridgehead atoms. The Balaban J connectivity index is 2.27. The Hall–Kier alpha value is -2.53. The lowest BCUT2D eigenvalue weighted by molar-refractivity contribution is 0.479. The highest BCUT2D eigenvalue weighted by molar-refractivity contribution is 5.64. The monoisotopic (exact) mass is 287 g/mol. The van der Waals surface area contributed by atoms with Gasteiger partial charge in [-0.2, -0.15) is 0 Å². The Morgan fingerprint density at radius 3 is 2.81 bits per heavy atom. The van der Waals surface area contributed by atoms with Gasteiger partial charge in [0.25, 0.3) is 0 Å². The van der Waals surface area contributed by atoms with Crippen LogP contribution >= 0.6 is 0 Å². The second kappa shape index (κ2) is 6.76. The van der Waals surface area contributed by atoms with Gasteiger partial charge < -0.3 is 21.5 Å². The molecular formula is C16H18FN3O. The molecule has 5 N–H and O–H groups in total. The van der Waals surface area contributed by atoms with Crippen LogP contribution in [-0.4, -0.2) is 6.54 Å². The molecule has 0 fully saturated rings. The summed E-state index contributed by atoms with van der Waals surface area (Å²) in [5, 5.41) is 3.11. The first-order valence-electron chi connectivity index (χ1n) is 6.53. The molecule has 21 heavy (non-hydrogen) atoms. The number of benzene rings is 2. The van der Waals surface area contributed by atoms with E-state index in [0.29, 0.717) is 23.7 Å². The quantitative estimate of drug-likeness (QED) is 0.736. The molecule has 0 amide bonds. The highest BCUT2D eigenvalue weighted by atomic mass is 19.1. The van der Waals surface area contributed by atoms with Gasteiger partial charge in [-0.25, -0.2) is 4.39 Å². The Morgan fingerprint density at radius 2 is 2.10 bits per heavy atom. The zero-order valence-electron chi connectivity index (χ0n) is 11.8. The van der Waals surface area contributed by atoms with Crippen molar-refractivity contribution in [3.05, 3.63) is 60.1 Å². The van der Waals surface area contributed by atoms with Crippen molar-refractivity contribution in [2.45, 2.75) is 6.92 Å². The van der Waals surface area contributed by atoms with Gasteiger partial charge in [-0.15, -0.1) is 0 Å². The zero-order valence-corrected chi connectivity index (χ0v) is 11.8. The molecule has 0 heterocycles. The highest BCUT2D eigenvalue weighted by Gasteiger charge is 2.06. The van der Waals surface area contributed by atoms with Crippen LogP contribution in [0.5, 0.6) is 11.5 Å². The summed E-state index contributed by atoms with van der Waals surface area (Å²) in [7, 11) is 0. The van der Waals surface area contributed by atoms with E-state index in [0.717, 1.165) is 11.3 Å². The molecule has 0 radical (unpaired) electrons. The summed E-state index contributed by atoms with van der Waals surface area (Å²) >= 11 is 0. The number of hydrogen-bond acceptors (Lipinski definition) is 4. The lowest BCUT2D eigenvalue weighted by atomic mass is 10.2. The minimum absolute atomic E-state index is 0.357. The van der Waals surface area contributed by atoms with Crippen LogP contribution in [0.3, 0.4) is 0 Å². The van der Waals surface area contributed by atoms with Gasteiger partial charge in [-0.1, -0.05) is 6.07 Å². The van der Waals surface area contributed by atoms with Crippen molar-refractivity contribution in [3.63, 3.8) is 0 Å². The highest BCUT2D eigenvalue weighted by Crippen LogP contribution is 2.31. The fourth-order valence-corrected chi connectivity index (χ4v) is 1.66. The molecule has 0 aromatic heterocycles. The van der Waals surface area contributed by atoms with E-state index >= 15 is 0 Å². The topological polar surface area (TPSA) is 73.3 Å². The van der Waals surface area contributed by atoms with E-state index in [4.69, 9.17) is 16.2 Å². The molecule has 0 atom stereocenters. The van der Waals surface area contributed by atoms with Crippen molar-refractivity contribution in [3.8, 4) is 11.5 Å². The molecular weight excluding hydrogens is 269 g/mol. The Kier molecular flexibility index (Phi) is 4.79. The third-order valence-electron chi connectivity index (χ3n) is 2.83. The van der Waals surface area contributed by atoms with Crippen LogP contribution in [0.25, 0.3) is 0 Å². The predicted molar refractivity (Wildman–Crippen MR) is 83.8 cm³/mol. The molecule has 110 valence electrons. The van der Waals surface area contributed by atoms with Crippen LogP contribution in [0.1, 0.15) is 6.92 Å². The van der Waals surface area contributed by atoms with Crippen molar-refractivity contribution in [2.75, 3.05) is 17.6 Å². The fraction of sp³-hybridized carbons (Fsp3) is 0.125. The van der Waals surface area contributed by atoms with Gasteiger partial charge in [0, 0.05) is 30.6 Å². The zero-order chi connectivity index (χ0) is 15.2. The molecule has 0 aliphatic carbocycles. The van der Waals surface area contributed by atoms with Gasteiger partial charge >= 0.3 is 0 Å². The molecule has 4 nitrogen and oxygen atoms in total. The van der Waals surface area contributed by atoms with Crippen LogP contribution in [0, 0.1) is 5.82 Å². The number of nitrogen functional groups attached to an aromatic ring is 1. The maximum atomic E-state index is 13.2. The van der Waals surface area contributed by atoms with Gasteiger partial charge in [0.15, 0.2) is 5.75 Å². The Bertz CT molecular complexity index is 656. The normalized spacial score (nSPS) is 11.3. The first kappa shape index (κ1) is 14.9. The summed E-state index contributed by atoms with van der Waals surface area (Å²) in [5.41, 5.74) is 13.6. The van der Waals surface area contributed by atoms with Crippen molar-refractivity contribution >= 4 is 11.4 Å². The average Bonchev–Trinajstić information content (AvgIpc) is 2.46. The van der Waals surface area contributed by atoms with Crippen LogP contribution in [0.4, 0.5) is 15.8 Å². The molecule has 2 aromatic carbocycles. The molecule has 0 spiro atoms. The number of rotatable bonds is 5. The summed E-state index contributed by atoms with van der Waals surface area (Å²) in [5.74, 6) is 0.564. The standard InChI is InChI=1S/C16H18FN3O/c1-11(9-18)10-20-15-6-5-13(19)8-16(15)21-14-4-2-3-12(17)7-14/h2-8,10,20H,9,18-19H2,1H3/b11-10-. The largest absolute Gasteiger partial charge is 0.455 e. The van der Waals surface area contributed by atoms with Crippen LogP contribution in [0.15, 0.2) is 54.2 Å². The number of halogens is 1. The smallest absolute Gasteiger partial charge is 0.152 e. The first-order valence-corrected chi connectivity index (χ1v) is 6.53. The van der Waals surface area contributed by atoms with Crippen LogP contribution < -0.4 is 21.5 Å². The second-order valence-corrected chi connectivity index (χ2v) is 4.65. The number of nitrogens with two attached hydrogens (primary N) is 2. The van der Waals surface area contributed by atoms with Crippen molar-refractivity contribution in [2.24, 2.45) is 5.73 Å². The third-order valence-corrected chi connectivity index (χ3v) is 2.83. The minimum atomic E-state index is -0.357. The molecule has 2 aromatic rings. The van der Waals surface area contributed by atoms with Gasteiger partial charge in [-0.3, -0.25) is 0 Å². The third kappa shape index (κ3) is 4.22. The molecule has 0 aliphatic rings.